The third-order valence-electron chi connectivity index (χ3n) is 3.14. The fourth-order valence-electron chi connectivity index (χ4n) is 2.15. The molecule has 0 radical (unpaired) electrons. The lowest BCUT2D eigenvalue weighted by molar-refractivity contribution is 0.804. The van der Waals surface area contributed by atoms with Crippen LogP contribution in [0.15, 0.2) is 54.0 Å². The zero-order valence-electron chi connectivity index (χ0n) is 10.7. The van der Waals surface area contributed by atoms with Crippen molar-refractivity contribution in [1.82, 2.24) is 9.97 Å². The van der Waals surface area contributed by atoms with Crippen molar-refractivity contribution in [3.05, 3.63) is 65.3 Å². The Kier molecular flexibility index (Phi) is 3.75. The van der Waals surface area contributed by atoms with Crippen LogP contribution >= 0.6 is 11.3 Å². The van der Waals surface area contributed by atoms with Gasteiger partial charge in [-0.3, -0.25) is 0 Å². The van der Waals surface area contributed by atoms with Crippen LogP contribution in [0, 0.1) is 0 Å². The minimum Gasteiger partial charge on any atom is -0.341 e. The summed E-state index contributed by atoms with van der Waals surface area (Å²) in [6.07, 6.45) is 5.28. The Hall–Kier alpha value is -1.87. The molecule has 19 heavy (non-hydrogen) atoms. The summed E-state index contributed by atoms with van der Waals surface area (Å²) in [5.41, 5.74) is 2.62. The van der Waals surface area contributed by atoms with E-state index in [-0.39, 0.29) is 0 Å². The lowest BCUT2D eigenvalue weighted by atomic mass is 10.1. The summed E-state index contributed by atoms with van der Waals surface area (Å²) < 4.78 is 0. The number of thiophene rings is 1. The molecule has 1 N–H and O–H groups in total. The van der Waals surface area contributed by atoms with Crippen LogP contribution < -0.4 is 0 Å². The molecule has 0 bridgehead atoms. The Bertz CT molecular complexity index is 611. The minimum absolute atomic E-state index is 0.990. The van der Waals surface area contributed by atoms with Gasteiger partial charge in [0.2, 0.25) is 0 Å². The van der Waals surface area contributed by atoms with Gasteiger partial charge in [-0.25, -0.2) is 4.98 Å². The Balaban J connectivity index is 1.56. The number of hydrogen-bond donors (Lipinski definition) is 1. The molecule has 96 valence electrons. The molecule has 3 heteroatoms. The molecule has 0 aliphatic rings. The van der Waals surface area contributed by atoms with E-state index in [9.17, 15) is 0 Å². The molecule has 2 nitrogen and oxygen atoms in total. The molecule has 0 spiro atoms. The molecule has 3 aromatic rings. The Morgan fingerprint density at radius 3 is 2.68 bits per heavy atom. The minimum atomic E-state index is 0.990. The molecule has 3 rings (SSSR count). The first-order valence-corrected chi connectivity index (χ1v) is 7.41. The molecule has 0 atom stereocenters. The average molecular weight is 268 g/mol. The molecule has 0 unspecified atom stereocenters. The molecule has 0 amide bonds. The highest BCUT2D eigenvalue weighted by Crippen LogP contribution is 2.21. The highest BCUT2D eigenvalue weighted by atomic mass is 32.1. The van der Waals surface area contributed by atoms with E-state index in [0.717, 1.165) is 25.1 Å². The van der Waals surface area contributed by atoms with Crippen molar-refractivity contribution in [2.45, 2.75) is 19.3 Å². The fraction of sp³-hybridized carbons (Fsp3) is 0.188. The van der Waals surface area contributed by atoms with E-state index in [1.807, 2.05) is 6.20 Å². The van der Waals surface area contributed by atoms with Gasteiger partial charge in [-0.2, -0.15) is 0 Å². The number of rotatable bonds is 5. The third kappa shape index (κ3) is 3.12. The van der Waals surface area contributed by atoms with Gasteiger partial charge in [-0.15, -0.1) is 11.3 Å². The van der Waals surface area contributed by atoms with Gasteiger partial charge in [0.1, 0.15) is 5.82 Å². The van der Waals surface area contributed by atoms with Crippen molar-refractivity contribution in [3.8, 4) is 10.7 Å². The number of H-pyrrole nitrogens is 1. The van der Waals surface area contributed by atoms with Crippen LogP contribution in [0.3, 0.4) is 0 Å². The van der Waals surface area contributed by atoms with E-state index in [2.05, 4.69) is 57.8 Å². The number of nitrogens with zero attached hydrogens (tertiary/aromatic N) is 1. The smallest absolute Gasteiger partial charge is 0.147 e. The number of imidazole rings is 1. The molecular weight excluding hydrogens is 252 g/mol. The van der Waals surface area contributed by atoms with Crippen LogP contribution in [0.1, 0.15) is 17.7 Å². The third-order valence-corrected chi connectivity index (χ3v) is 4.01. The summed E-state index contributed by atoms with van der Waals surface area (Å²) in [7, 11) is 0. The summed E-state index contributed by atoms with van der Waals surface area (Å²) in [6, 6.07) is 14.8. The van der Waals surface area contributed by atoms with E-state index in [1.54, 1.807) is 11.3 Å². The maximum atomic E-state index is 4.44. The summed E-state index contributed by atoms with van der Waals surface area (Å²) in [5.74, 6) is 0.990. The van der Waals surface area contributed by atoms with Crippen molar-refractivity contribution in [2.75, 3.05) is 0 Å². The Morgan fingerprint density at radius 2 is 1.89 bits per heavy atom. The quantitative estimate of drug-likeness (QED) is 0.733. The molecular formula is C16H16N2S. The highest BCUT2D eigenvalue weighted by molar-refractivity contribution is 7.13. The zero-order valence-corrected chi connectivity index (χ0v) is 11.5. The first-order valence-electron chi connectivity index (χ1n) is 6.53. The van der Waals surface area contributed by atoms with Gasteiger partial charge in [-0.1, -0.05) is 36.4 Å². The van der Waals surface area contributed by atoms with Gasteiger partial charge in [0.05, 0.1) is 4.88 Å². The second kappa shape index (κ2) is 5.85. The number of benzene rings is 1. The predicted octanol–water partition coefficient (Wildman–Crippen LogP) is 4.31. The lowest BCUT2D eigenvalue weighted by Gasteiger charge is -1.99. The van der Waals surface area contributed by atoms with E-state index in [0.29, 0.717) is 0 Å². The number of hydrogen-bond acceptors (Lipinski definition) is 2. The van der Waals surface area contributed by atoms with Gasteiger partial charge in [0.15, 0.2) is 0 Å². The normalized spacial score (nSPS) is 10.7. The molecule has 0 aliphatic heterocycles. The number of aromatic amines is 1. The molecule has 0 fully saturated rings. The molecule has 1 aromatic carbocycles. The highest BCUT2D eigenvalue weighted by Gasteiger charge is 2.04. The maximum absolute atomic E-state index is 4.44. The Morgan fingerprint density at radius 1 is 1.00 bits per heavy atom. The summed E-state index contributed by atoms with van der Waals surface area (Å²) in [4.78, 5) is 9.04. The molecule has 0 saturated heterocycles. The number of nitrogens with one attached hydrogen (secondary N) is 1. The predicted molar refractivity (Wildman–Crippen MR) is 80.4 cm³/mol. The van der Waals surface area contributed by atoms with Gasteiger partial charge >= 0.3 is 0 Å². The van der Waals surface area contributed by atoms with Crippen LogP contribution in [0.4, 0.5) is 0 Å². The standard InChI is InChI=1S/C16H16N2S/c1-2-6-13(7-3-1)8-4-9-14-12-17-16(18-14)15-10-5-11-19-15/h1-3,5-7,10-12H,4,8-9H2,(H,17,18). The molecule has 2 aromatic heterocycles. The van der Waals surface area contributed by atoms with Crippen molar-refractivity contribution >= 4 is 11.3 Å². The van der Waals surface area contributed by atoms with Gasteiger partial charge in [-0.05, 0) is 36.3 Å². The molecule has 0 saturated carbocycles. The van der Waals surface area contributed by atoms with Gasteiger partial charge in [0.25, 0.3) is 0 Å². The average Bonchev–Trinajstić information content (AvgIpc) is 3.10. The van der Waals surface area contributed by atoms with E-state index in [1.165, 1.54) is 16.1 Å². The van der Waals surface area contributed by atoms with Gasteiger partial charge in [0, 0.05) is 11.9 Å². The molecule has 0 aliphatic carbocycles. The van der Waals surface area contributed by atoms with E-state index in [4.69, 9.17) is 0 Å². The summed E-state index contributed by atoms with van der Waals surface area (Å²) in [5, 5.41) is 2.08. The zero-order chi connectivity index (χ0) is 12.9. The second-order valence-corrected chi connectivity index (χ2v) is 5.52. The van der Waals surface area contributed by atoms with E-state index < -0.39 is 0 Å². The summed E-state index contributed by atoms with van der Waals surface area (Å²) in [6.45, 7) is 0. The lowest BCUT2D eigenvalue weighted by Crippen LogP contribution is -1.90. The monoisotopic (exact) mass is 268 g/mol. The SMILES string of the molecule is c1ccc(CCCc2cnc(-c3cccs3)[nH]2)cc1. The van der Waals surface area contributed by atoms with Crippen LogP contribution in [0.2, 0.25) is 0 Å². The van der Waals surface area contributed by atoms with Crippen LogP contribution in [-0.2, 0) is 12.8 Å². The van der Waals surface area contributed by atoms with Crippen molar-refractivity contribution in [1.29, 1.82) is 0 Å². The van der Waals surface area contributed by atoms with E-state index >= 15 is 0 Å². The largest absolute Gasteiger partial charge is 0.341 e. The number of aryl methyl sites for hydroxylation is 2. The van der Waals surface area contributed by atoms with Crippen molar-refractivity contribution < 1.29 is 0 Å². The van der Waals surface area contributed by atoms with Crippen LogP contribution in [0.5, 0.6) is 0 Å². The van der Waals surface area contributed by atoms with Gasteiger partial charge < -0.3 is 4.98 Å². The summed E-state index contributed by atoms with van der Waals surface area (Å²) >= 11 is 1.72. The fourth-order valence-corrected chi connectivity index (χ4v) is 2.83. The molecule has 2 heterocycles. The topological polar surface area (TPSA) is 28.7 Å². The first kappa shape index (κ1) is 12.2. The van der Waals surface area contributed by atoms with Crippen LogP contribution in [-0.4, -0.2) is 9.97 Å². The first-order chi connectivity index (χ1) is 9.42. The second-order valence-electron chi connectivity index (χ2n) is 4.57. The van der Waals surface area contributed by atoms with Crippen molar-refractivity contribution in [3.63, 3.8) is 0 Å². The number of aromatic nitrogens is 2. The van der Waals surface area contributed by atoms with Crippen LogP contribution in [0.25, 0.3) is 10.7 Å². The maximum Gasteiger partial charge on any atom is 0.147 e. The Labute approximate surface area is 117 Å². The van der Waals surface area contributed by atoms with Crippen molar-refractivity contribution in [2.24, 2.45) is 0 Å².